The lowest BCUT2D eigenvalue weighted by Gasteiger charge is -1.99. The molecule has 0 fully saturated rings. The number of aromatic hydroxyl groups is 2. The van der Waals surface area contributed by atoms with E-state index in [1.165, 1.54) is 18.2 Å². The van der Waals surface area contributed by atoms with Gasteiger partial charge in [0.1, 0.15) is 11.5 Å². The molecule has 0 aromatic heterocycles. The number of hydrogen-bond donors (Lipinski definition) is 2. The van der Waals surface area contributed by atoms with E-state index in [1.54, 1.807) is 6.08 Å². The molecule has 0 saturated heterocycles. The monoisotopic (exact) mass is 212 g/mol. The summed E-state index contributed by atoms with van der Waals surface area (Å²) < 4.78 is 0. The van der Waals surface area contributed by atoms with Gasteiger partial charge in [0.25, 0.3) is 0 Å². The first kappa shape index (κ1) is 10.3. The fraction of sp³-hybridized carbons (Fsp3) is 0. The van der Waals surface area contributed by atoms with Gasteiger partial charge in [0.05, 0.1) is 0 Å². The number of benzene rings is 2. The van der Waals surface area contributed by atoms with E-state index in [1.807, 2.05) is 36.4 Å². The SMILES string of the molecule is Oc1ccc(O)c(/C=C/c2ccccc2)c1. The molecule has 0 spiro atoms. The van der Waals surface area contributed by atoms with Crippen molar-refractivity contribution in [2.75, 3.05) is 0 Å². The van der Waals surface area contributed by atoms with E-state index in [0.29, 0.717) is 5.56 Å². The van der Waals surface area contributed by atoms with Crippen molar-refractivity contribution >= 4 is 12.2 Å². The van der Waals surface area contributed by atoms with Crippen LogP contribution in [-0.2, 0) is 0 Å². The molecule has 0 aliphatic rings. The van der Waals surface area contributed by atoms with Crippen molar-refractivity contribution in [3.05, 3.63) is 59.7 Å². The van der Waals surface area contributed by atoms with Crippen LogP contribution in [0.4, 0.5) is 0 Å². The standard InChI is InChI=1S/C14H12O2/c15-13-8-9-14(16)12(10-13)7-6-11-4-2-1-3-5-11/h1-10,15-16H/b7-6+. The summed E-state index contributed by atoms with van der Waals surface area (Å²) in [6.07, 6.45) is 3.65. The average Bonchev–Trinajstić information content (AvgIpc) is 2.32. The van der Waals surface area contributed by atoms with E-state index in [2.05, 4.69) is 0 Å². The summed E-state index contributed by atoms with van der Waals surface area (Å²) in [4.78, 5) is 0. The van der Waals surface area contributed by atoms with E-state index in [0.717, 1.165) is 5.56 Å². The molecule has 0 unspecified atom stereocenters. The van der Waals surface area contributed by atoms with Crippen LogP contribution in [0, 0.1) is 0 Å². The van der Waals surface area contributed by atoms with Crippen LogP contribution in [0.25, 0.3) is 12.2 Å². The van der Waals surface area contributed by atoms with Gasteiger partial charge >= 0.3 is 0 Å². The highest BCUT2D eigenvalue weighted by Gasteiger charge is 1.97. The van der Waals surface area contributed by atoms with Crippen LogP contribution >= 0.6 is 0 Å². The summed E-state index contributed by atoms with van der Waals surface area (Å²) in [6, 6.07) is 14.2. The molecule has 0 aliphatic heterocycles. The predicted octanol–water partition coefficient (Wildman–Crippen LogP) is 3.27. The van der Waals surface area contributed by atoms with Gasteiger partial charge in [-0.1, -0.05) is 42.5 Å². The third kappa shape index (κ3) is 2.42. The van der Waals surface area contributed by atoms with Gasteiger partial charge in [0.2, 0.25) is 0 Å². The number of phenols is 2. The lowest BCUT2D eigenvalue weighted by atomic mass is 10.1. The molecular weight excluding hydrogens is 200 g/mol. The molecule has 0 heterocycles. The Kier molecular flexibility index (Phi) is 2.92. The lowest BCUT2D eigenvalue weighted by molar-refractivity contribution is 0.459. The van der Waals surface area contributed by atoms with Crippen LogP contribution in [0.15, 0.2) is 48.5 Å². The smallest absolute Gasteiger partial charge is 0.123 e. The molecule has 0 atom stereocenters. The highest BCUT2D eigenvalue weighted by atomic mass is 16.3. The van der Waals surface area contributed by atoms with Crippen molar-refractivity contribution in [3.8, 4) is 11.5 Å². The highest BCUT2D eigenvalue weighted by Crippen LogP contribution is 2.23. The fourth-order valence-electron chi connectivity index (χ4n) is 1.43. The first-order valence-electron chi connectivity index (χ1n) is 5.01. The molecule has 2 nitrogen and oxygen atoms in total. The van der Waals surface area contributed by atoms with E-state index < -0.39 is 0 Å². The summed E-state index contributed by atoms with van der Waals surface area (Å²) in [7, 11) is 0. The summed E-state index contributed by atoms with van der Waals surface area (Å²) in [6.45, 7) is 0. The number of phenolic OH excluding ortho intramolecular Hbond substituents is 2. The third-order valence-electron chi connectivity index (χ3n) is 2.27. The Bertz CT molecular complexity index is 501. The summed E-state index contributed by atoms with van der Waals surface area (Å²) in [5.74, 6) is 0.301. The molecule has 2 rings (SSSR count). The van der Waals surface area contributed by atoms with Crippen LogP contribution in [0.2, 0.25) is 0 Å². The molecule has 2 aromatic rings. The van der Waals surface area contributed by atoms with Crippen molar-refractivity contribution in [3.63, 3.8) is 0 Å². The van der Waals surface area contributed by atoms with E-state index in [9.17, 15) is 10.2 Å². The molecule has 80 valence electrons. The lowest BCUT2D eigenvalue weighted by Crippen LogP contribution is -1.75. The number of rotatable bonds is 2. The summed E-state index contributed by atoms with van der Waals surface area (Å²) >= 11 is 0. The molecule has 0 bridgehead atoms. The van der Waals surface area contributed by atoms with Gasteiger partial charge in [-0.25, -0.2) is 0 Å². The maximum Gasteiger partial charge on any atom is 0.123 e. The molecule has 2 heteroatoms. The summed E-state index contributed by atoms with van der Waals surface area (Å²) in [5.41, 5.74) is 1.65. The first-order chi connectivity index (χ1) is 7.75. The fourth-order valence-corrected chi connectivity index (χ4v) is 1.43. The Morgan fingerprint density at radius 2 is 1.56 bits per heavy atom. The average molecular weight is 212 g/mol. The van der Waals surface area contributed by atoms with Crippen molar-refractivity contribution in [2.24, 2.45) is 0 Å². The van der Waals surface area contributed by atoms with Gasteiger partial charge in [-0.05, 0) is 23.8 Å². The van der Waals surface area contributed by atoms with Crippen LogP contribution in [0.3, 0.4) is 0 Å². The zero-order valence-electron chi connectivity index (χ0n) is 8.67. The minimum Gasteiger partial charge on any atom is -0.508 e. The van der Waals surface area contributed by atoms with Crippen molar-refractivity contribution in [2.45, 2.75) is 0 Å². The normalized spacial score (nSPS) is 10.8. The molecular formula is C14H12O2. The van der Waals surface area contributed by atoms with Gasteiger partial charge < -0.3 is 10.2 Å². The second-order valence-electron chi connectivity index (χ2n) is 3.49. The maximum atomic E-state index is 9.55. The van der Waals surface area contributed by atoms with Crippen molar-refractivity contribution < 1.29 is 10.2 Å². The van der Waals surface area contributed by atoms with Crippen LogP contribution in [-0.4, -0.2) is 10.2 Å². The Hall–Kier alpha value is -2.22. The highest BCUT2D eigenvalue weighted by molar-refractivity contribution is 5.72. The molecule has 2 N–H and O–H groups in total. The molecule has 0 radical (unpaired) electrons. The Labute approximate surface area is 94.1 Å². The Morgan fingerprint density at radius 1 is 0.812 bits per heavy atom. The minimum absolute atomic E-state index is 0.144. The maximum absolute atomic E-state index is 9.55. The van der Waals surface area contributed by atoms with Crippen LogP contribution < -0.4 is 0 Å². The minimum atomic E-state index is 0.144. The molecule has 0 amide bonds. The molecule has 0 aliphatic carbocycles. The van der Waals surface area contributed by atoms with Gasteiger partial charge in [0.15, 0.2) is 0 Å². The van der Waals surface area contributed by atoms with E-state index in [-0.39, 0.29) is 11.5 Å². The topological polar surface area (TPSA) is 40.5 Å². The van der Waals surface area contributed by atoms with E-state index in [4.69, 9.17) is 0 Å². The molecule has 0 saturated carbocycles. The zero-order chi connectivity index (χ0) is 11.4. The van der Waals surface area contributed by atoms with Gasteiger partial charge in [0, 0.05) is 5.56 Å². The van der Waals surface area contributed by atoms with Gasteiger partial charge in [-0.15, -0.1) is 0 Å². The van der Waals surface area contributed by atoms with Gasteiger partial charge in [-0.2, -0.15) is 0 Å². The first-order valence-corrected chi connectivity index (χ1v) is 5.01. The zero-order valence-corrected chi connectivity index (χ0v) is 8.67. The summed E-state index contributed by atoms with van der Waals surface area (Å²) in [5, 5.41) is 18.8. The predicted molar refractivity (Wildman–Crippen MR) is 65.1 cm³/mol. The quantitative estimate of drug-likeness (QED) is 0.592. The van der Waals surface area contributed by atoms with Crippen molar-refractivity contribution in [1.82, 2.24) is 0 Å². The Morgan fingerprint density at radius 3 is 2.31 bits per heavy atom. The second-order valence-corrected chi connectivity index (χ2v) is 3.49. The Balaban J connectivity index is 2.27. The molecule has 2 aromatic carbocycles. The van der Waals surface area contributed by atoms with Crippen molar-refractivity contribution in [1.29, 1.82) is 0 Å². The largest absolute Gasteiger partial charge is 0.508 e. The van der Waals surface area contributed by atoms with Crippen LogP contribution in [0.1, 0.15) is 11.1 Å². The second kappa shape index (κ2) is 4.53. The van der Waals surface area contributed by atoms with Crippen LogP contribution in [0.5, 0.6) is 11.5 Å². The third-order valence-corrected chi connectivity index (χ3v) is 2.27. The number of hydrogen-bond acceptors (Lipinski definition) is 2. The molecule has 16 heavy (non-hydrogen) atoms. The van der Waals surface area contributed by atoms with Gasteiger partial charge in [-0.3, -0.25) is 0 Å². The van der Waals surface area contributed by atoms with E-state index >= 15 is 0 Å².